The number of hydrogen-bond acceptors (Lipinski definition) is 3. The average molecular weight is 179 g/mol. The van der Waals surface area contributed by atoms with E-state index in [4.69, 9.17) is 4.74 Å². The molecule has 0 aromatic carbocycles. The fraction of sp³-hybridized carbons (Fsp3) is 0.333. The van der Waals surface area contributed by atoms with Crippen molar-refractivity contribution in [1.29, 1.82) is 0 Å². The fourth-order valence-corrected chi connectivity index (χ4v) is 1.55. The molecule has 4 nitrogen and oxygen atoms in total. The second-order valence-electron chi connectivity index (χ2n) is 3.19. The first-order chi connectivity index (χ1) is 6.09. The van der Waals surface area contributed by atoms with Crippen LogP contribution < -0.4 is 4.73 Å². The smallest absolute Gasteiger partial charge is 0.345 e. The fourth-order valence-electron chi connectivity index (χ4n) is 1.55. The third-order valence-corrected chi connectivity index (χ3v) is 2.10. The van der Waals surface area contributed by atoms with Crippen LogP contribution in [0.15, 0.2) is 12.3 Å². The molecule has 0 amide bonds. The highest BCUT2D eigenvalue weighted by Gasteiger charge is 2.35. The number of carbonyl (C=O) groups excluding carboxylic acids is 1. The van der Waals surface area contributed by atoms with Gasteiger partial charge in [0.05, 0.1) is 0 Å². The summed E-state index contributed by atoms with van der Waals surface area (Å²) in [6, 6.07) is 1.68. The van der Waals surface area contributed by atoms with Crippen LogP contribution in [0.2, 0.25) is 0 Å². The number of hydrogen-bond donors (Lipinski definition) is 0. The van der Waals surface area contributed by atoms with Gasteiger partial charge in [-0.15, -0.1) is 0 Å². The Labute approximate surface area is 75.3 Å². The maximum Gasteiger partial charge on any atom is 0.345 e. The first-order valence-corrected chi connectivity index (χ1v) is 4.04. The van der Waals surface area contributed by atoms with Gasteiger partial charge in [-0.05, 0) is 19.9 Å². The van der Waals surface area contributed by atoms with E-state index >= 15 is 0 Å². The highest BCUT2D eigenvalue weighted by molar-refractivity contribution is 5.93. The molecule has 0 spiro atoms. The summed E-state index contributed by atoms with van der Waals surface area (Å²) in [7, 11) is 0. The van der Waals surface area contributed by atoms with Crippen LogP contribution in [0.5, 0.6) is 0 Å². The monoisotopic (exact) mass is 179 g/mol. The van der Waals surface area contributed by atoms with Crippen LogP contribution in [0, 0.1) is 12.1 Å². The van der Waals surface area contributed by atoms with E-state index in [0.717, 1.165) is 5.56 Å². The molecule has 1 aliphatic rings. The topological polar surface area (TPSA) is 53.2 Å². The predicted molar refractivity (Wildman–Crippen MR) is 44.0 cm³/mol. The summed E-state index contributed by atoms with van der Waals surface area (Å²) in [6.45, 7) is 3.46. The maximum absolute atomic E-state index is 11.4. The molecule has 0 saturated carbocycles. The molecule has 0 N–H and O–H groups in total. The van der Waals surface area contributed by atoms with Gasteiger partial charge in [0.2, 0.25) is 5.69 Å². The number of esters is 1. The van der Waals surface area contributed by atoms with Crippen molar-refractivity contribution >= 4 is 5.97 Å². The molecule has 4 heteroatoms. The van der Waals surface area contributed by atoms with Gasteiger partial charge in [0.25, 0.3) is 0 Å². The summed E-state index contributed by atoms with van der Waals surface area (Å²) >= 11 is 0. The number of aryl methyl sites for hydroxylation is 1. The molecule has 1 aliphatic heterocycles. The lowest BCUT2D eigenvalue weighted by Gasteiger charge is -2.04. The lowest BCUT2D eigenvalue weighted by molar-refractivity contribution is -0.617. The second kappa shape index (κ2) is 2.45. The number of ether oxygens (including phenoxy) is 1. The summed E-state index contributed by atoms with van der Waals surface area (Å²) in [5, 5.41) is 11.4. The van der Waals surface area contributed by atoms with E-state index in [1.807, 2.05) is 0 Å². The third-order valence-electron chi connectivity index (χ3n) is 2.10. The van der Waals surface area contributed by atoms with Crippen LogP contribution >= 0.6 is 0 Å². The van der Waals surface area contributed by atoms with E-state index in [-0.39, 0.29) is 0 Å². The largest absolute Gasteiger partial charge is 0.618 e. The summed E-state index contributed by atoms with van der Waals surface area (Å²) in [4.78, 5) is 11.2. The van der Waals surface area contributed by atoms with Gasteiger partial charge in [-0.3, -0.25) is 0 Å². The van der Waals surface area contributed by atoms with Gasteiger partial charge in [-0.2, -0.15) is 4.73 Å². The Morgan fingerprint density at radius 1 is 1.62 bits per heavy atom. The third kappa shape index (κ3) is 1.06. The van der Waals surface area contributed by atoms with Gasteiger partial charge in [0.15, 0.2) is 12.3 Å². The van der Waals surface area contributed by atoms with Crippen molar-refractivity contribution < 1.29 is 14.3 Å². The number of nitrogens with zero attached hydrogens (tertiary/aromatic N) is 1. The quantitative estimate of drug-likeness (QED) is 0.337. The standard InChI is InChI=1S/C9H9NO3/c1-5-3-7-8(10(12)4-5)6(2)13-9(7)11/h3-4,6H,1-2H3. The van der Waals surface area contributed by atoms with Crippen LogP contribution in [0.3, 0.4) is 0 Å². The number of fused-ring (bicyclic) bond motifs is 1. The lowest BCUT2D eigenvalue weighted by atomic mass is 10.1. The number of aromatic nitrogens is 1. The van der Waals surface area contributed by atoms with Crippen LogP contribution in [0.1, 0.15) is 34.6 Å². The Bertz CT molecular complexity index is 387. The van der Waals surface area contributed by atoms with Crippen LogP contribution in [0.4, 0.5) is 0 Å². The molecule has 0 aliphatic carbocycles. The minimum Gasteiger partial charge on any atom is -0.618 e. The van der Waals surface area contributed by atoms with Gasteiger partial charge >= 0.3 is 5.97 Å². The zero-order valence-corrected chi connectivity index (χ0v) is 7.40. The Morgan fingerprint density at radius 2 is 2.31 bits per heavy atom. The van der Waals surface area contributed by atoms with Gasteiger partial charge in [0.1, 0.15) is 5.56 Å². The highest BCUT2D eigenvalue weighted by Crippen LogP contribution is 2.27. The molecule has 0 radical (unpaired) electrons. The molecule has 2 heterocycles. The minimum atomic E-state index is -0.430. The minimum absolute atomic E-state index is 0.391. The molecular formula is C9H9NO3. The van der Waals surface area contributed by atoms with Gasteiger partial charge in [-0.25, -0.2) is 4.79 Å². The van der Waals surface area contributed by atoms with Crippen molar-refractivity contribution in [3.8, 4) is 0 Å². The van der Waals surface area contributed by atoms with Crippen molar-refractivity contribution in [2.75, 3.05) is 0 Å². The Morgan fingerprint density at radius 3 is 3.00 bits per heavy atom. The van der Waals surface area contributed by atoms with Gasteiger partial charge in [0, 0.05) is 5.56 Å². The van der Waals surface area contributed by atoms with Gasteiger partial charge in [-0.1, -0.05) is 0 Å². The Hall–Kier alpha value is -1.58. The molecule has 1 aromatic rings. The van der Waals surface area contributed by atoms with Crippen molar-refractivity contribution in [2.45, 2.75) is 20.0 Å². The van der Waals surface area contributed by atoms with Crippen LogP contribution in [-0.4, -0.2) is 5.97 Å². The second-order valence-corrected chi connectivity index (χ2v) is 3.19. The van der Waals surface area contributed by atoms with E-state index in [9.17, 15) is 10.0 Å². The number of cyclic esters (lactones) is 1. The molecule has 1 atom stereocenters. The predicted octanol–water partition coefficient (Wildman–Crippen LogP) is 0.860. The summed E-state index contributed by atoms with van der Waals surface area (Å²) < 4.78 is 5.62. The van der Waals surface area contributed by atoms with E-state index in [1.54, 1.807) is 19.9 Å². The Kier molecular flexibility index (Phi) is 1.52. The van der Waals surface area contributed by atoms with Crippen LogP contribution in [-0.2, 0) is 4.74 Å². The molecule has 1 aromatic heterocycles. The SMILES string of the molecule is Cc1cc2c([n+]([O-])c1)C(C)OC2=O. The summed E-state index contributed by atoms with van der Waals surface area (Å²) in [5.41, 5.74) is 1.57. The van der Waals surface area contributed by atoms with Crippen molar-refractivity contribution in [3.63, 3.8) is 0 Å². The molecule has 1 unspecified atom stereocenters. The van der Waals surface area contributed by atoms with E-state index < -0.39 is 12.1 Å². The molecule has 2 rings (SSSR count). The van der Waals surface area contributed by atoms with Gasteiger partial charge < -0.3 is 9.94 Å². The normalized spacial score (nSPS) is 19.8. The average Bonchev–Trinajstić information content (AvgIpc) is 2.27. The highest BCUT2D eigenvalue weighted by atomic mass is 16.6. The summed E-state index contributed by atoms with van der Waals surface area (Å²) in [5.74, 6) is -0.407. The summed E-state index contributed by atoms with van der Waals surface area (Å²) in [6.07, 6.45) is 1.01. The first kappa shape index (κ1) is 8.04. The molecule has 0 fully saturated rings. The van der Waals surface area contributed by atoms with Crippen LogP contribution in [0.25, 0.3) is 0 Å². The van der Waals surface area contributed by atoms with E-state index in [1.165, 1.54) is 6.20 Å². The molecule has 0 saturated heterocycles. The molecule has 0 bridgehead atoms. The maximum atomic E-state index is 11.4. The molecule has 68 valence electrons. The van der Waals surface area contributed by atoms with Crippen molar-refractivity contribution in [2.24, 2.45) is 0 Å². The lowest BCUT2D eigenvalue weighted by Crippen LogP contribution is -2.32. The first-order valence-electron chi connectivity index (χ1n) is 4.04. The zero-order chi connectivity index (χ0) is 9.59. The van der Waals surface area contributed by atoms with Crippen molar-refractivity contribution in [3.05, 3.63) is 34.3 Å². The number of carbonyl (C=O) groups is 1. The molecular weight excluding hydrogens is 170 g/mol. The molecule has 13 heavy (non-hydrogen) atoms. The number of pyridine rings is 1. The van der Waals surface area contributed by atoms with Crippen molar-refractivity contribution in [1.82, 2.24) is 0 Å². The Balaban J connectivity index is 2.69. The van der Waals surface area contributed by atoms with E-state index in [0.29, 0.717) is 16.0 Å². The number of rotatable bonds is 0. The zero-order valence-electron chi connectivity index (χ0n) is 7.40. The van der Waals surface area contributed by atoms with E-state index in [2.05, 4.69) is 0 Å².